The number of hydrogen-bond donors (Lipinski definition) is 1. The second-order valence-corrected chi connectivity index (χ2v) is 7.74. The molecule has 0 fully saturated rings. The van der Waals surface area contributed by atoms with E-state index in [2.05, 4.69) is 81.4 Å². The molecule has 0 spiro atoms. The van der Waals surface area contributed by atoms with Gasteiger partial charge in [-0.1, -0.05) is 32.0 Å². The Hall–Kier alpha value is -0.320. The molecule has 0 saturated heterocycles. The minimum Gasteiger partial charge on any atom is -0.380 e. The van der Waals surface area contributed by atoms with Gasteiger partial charge in [-0.25, -0.2) is 0 Å². The van der Waals surface area contributed by atoms with Crippen molar-refractivity contribution >= 4 is 48.9 Å². The van der Waals surface area contributed by atoms with Crippen LogP contribution in [0.1, 0.15) is 30.2 Å². The van der Waals surface area contributed by atoms with Crippen molar-refractivity contribution in [1.29, 1.82) is 0 Å². The molecule has 4 heteroatoms. The zero-order valence-electron chi connectivity index (χ0n) is 10.3. The van der Waals surface area contributed by atoms with Crippen LogP contribution in [-0.4, -0.2) is 0 Å². The minimum absolute atomic E-state index is 0.538. The van der Waals surface area contributed by atoms with Crippen LogP contribution in [0.25, 0.3) is 0 Å². The second-order valence-electron chi connectivity index (χ2n) is 4.43. The molecule has 0 saturated carbocycles. The molecule has 0 aliphatic heterocycles. The lowest BCUT2D eigenvalue weighted by molar-refractivity contribution is 0.866. The molecular formula is C14H15Br2NS. The monoisotopic (exact) mass is 387 g/mol. The number of nitrogens with one attached hydrogen (secondary N) is 1. The maximum absolute atomic E-state index is 3.52. The fourth-order valence-corrected chi connectivity index (χ4v) is 3.94. The predicted octanol–water partition coefficient (Wildman–Crippen LogP) is 6.01. The average molecular weight is 389 g/mol. The van der Waals surface area contributed by atoms with Gasteiger partial charge < -0.3 is 5.32 Å². The van der Waals surface area contributed by atoms with E-state index in [1.165, 1.54) is 16.1 Å². The average Bonchev–Trinajstić information content (AvgIpc) is 2.66. The third-order valence-corrected chi connectivity index (χ3v) is 5.99. The van der Waals surface area contributed by atoms with Gasteiger partial charge in [0.05, 0.1) is 3.79 Å². The van der Waals surface area contributed by atoms with E-state index in [0.29, 0.717) is 5.92 Å². The summed E-state index contributed by atoms with van der Waals surface area (Å²) in [7, 11) is 0. The summed E-state index contributed by atoms with van der Waals surface area (Å²) in [6.07, 6.45) is 0. The number of anilines is 1. The Morgan fingerprint density at radius 1 is 1.22 bits per heavy atom. The summed E-state index contributed by atoms with van der Waals surface area (Å²) >= 11 is 8.79. The Labute approximate surface area is 129 Å². The molecule has 0 aliphatic rings. The highest BCUT2D eigenvalue weighted by molar-refractivity contribution is 9.13. The molecule has 0 radical (unpaired) electrons. The number of rotatable bonds is 4. The molecule has 0 atom stereocenters. The quantitative estimate of drug-likeness (QED) is 0.676. The summed E-state index contributed by atoms with van der Waals surface area (Å²) in [5.41, 5.74) is 2.60. The number of thiophene rings is 1. The van der Waals surface area contributed by atoms with Gasteiger partial charge in [0.2, 0.25) is 0 Å². The van der Waals surface area contributed by atoms with E-state index in [0.717, 1.165) is 14.8 Å². The summed E-state index contributed by atoms with van der Waals surface area (Å²) in [6, 6.07) is 10.7. The van der Waals surface area contributed by atoms with Crippen LogP contribution < -0.4 is 5.32 Å². The standard InChI is InChI=1S/C14H15Br2NS/c1-9(2)11-5-3-4-6-13(11)17-8-10-7-12(15)14(16)18-10/h3-7,9,17H,8H2,1-2H3. The van der Waals surface area contributed by atoms with Crippen molar-refractivity contribution in [3.05, 3.63) is 49.0 Å². The number of hydrogen-bond acceptors (Lipinski definition) is 2. The Bertz CT molecular complexity index is 515. The zero-order valence-corrected chi connectivity index (χ0v) is 14.3. The maximum Gasteiger partial charge on any atom is 0.0843 e. The number of halogens is 2. The molecule has 0 bridgehead atoms. The zero-order chi connectivity index (χ0) is 13.1. The van der Waals surface area contributed by atoms with E-state index in [1.807, 2.05) is 0 Å². The first-order valence-corrected chi connectivity index (χ1v) is 8.24. The van der Waals surface area contributed by atoms with Crippen molar-refractivity contribution in [1.82, 2.24) is 0 Å². The van der Waals surface area contributed by atoms with Crippen molar-refractivity contribution < 1.29 is 0 Å². The molecular weight excluding hydrogens is 374 g/mol. The van der Waals surface area contributed by atoms with Gasteiger partial charge in [0.1, 0.15) is 0 Å². The smallest absolute Gasteiger partial charge is 0.0843 e. The summed E-state index contributed by atoms with van der Waals surface area (Å²) in [4.78, 5) is 1.31. The molecule has 1 heterocycles. The third-order valence-electron chi connectivity index (χ3n) is 2.73. The van der Waals surface area contributed by atoms with Gasteiger partial charge in [0.25, 0.3) is 0 Å². The number of para-hydroxylation sites is 1. The molecule has 1 aromatic heterocycles. The van der Waals surface area contributed by atoms with E-state index in [1.54, 1.807) is 11.3 Å². The van der Waals surface area contributed by atoms with E-state index in [9.17, 15) is 0 Å². The molecule has 1 nitrogen and oxygen atoms in total. The van der Waals surface area contributed by atoms with Crippen molar-refractivity contribution in [3.63, 3.8) is 0 Å². The molecule has 0 aliphatic carbocycles. The predicted molar refractivity (Wildman–Crippen MR) is 87.6 cm³/mol. The molecule has 2 aromatic rings. The van der Waals surface area contributed by atoms with Crippen molar-refractivity contribution in [2.75, 3.05) is 5.32 Å². The topological polar surface area (TPSA) is 12.0 Å². The molecule has 96 valence electrons. The molecule has 1 N–H and O–H groups in total. The summed E-state index contributed by atoms with van der Waals surface area (Å²) in [5, 5.41) is 3.52. The molecule has 0 amide bonds. The van der Waals surface area contributed by atoms with Crippen molar-refractivity contribution in [3.8, 4) is 0 Å². The first-order valence-electron chi connectivity index (χ1n) is 5.84. The first-order chi connectivity index (χ1) is 8.58. The van der Waals surface area contributed by atoms with Gasteiger partial charge in [-0.05, 0) is 55.5 Å². The molecule has 2 rings (SSSR count). The Kier molecular flexibility index (Phi) is 4.87. The van der Waals surface area contributed by atoms with Crippen LogP contribution in [0.3, 0.4) is 0 Å². The van der Waals surface area contributed by atoms with Gasteiger partial charge in [-0.2, -0.15) is 0 Å². The summed E-state index contributed by atoms with van der Waals surface area (Å²) < 4.78 is 2.28. The van der Waals surface area contributed by atoms with Crippen LogP contribution in [0.5, 0.6) is 0 Å². The van der Waals surface area contributed by atoms with Gasteiger partial charge in [0, 0.05) is 21.6 Å². The lowest BCUT2D eigenvalue weighted by Gasteiger charge is -2.13. The van der Waals surface area contributed by atoms with E-state index >= 15 is 0 Å². The van der Waals surface area contributed by atoms with Gasteiger partial charge in [-0.3, -0.25) is 0 Å². The normalized spacial score (nSPS) is 10.9. The van der Waals surface area contributed by atoms with Gasteiger partial charge in [0.15, 0.2) is 0 Å². The van der Waals surface area contributed by atoms with E-state index < -0.39 is 0 Å². The number of benzene rings is 1. The van der Waals surface area contributed by atoms with Crippen LogP contribution in [-0.2, 0) is 6.54 Å². The van der Waals surface area contributed by atoms with Crippen LogP contribution >= 0.6 is 43.2 Å². The lowest BCUT2D eigenvalue weighted by atomic mass is 10.0. The van der Waals surface area contributed by atoms with Gasteiger partial charge >= 0.3 is 0 Å². The molecule has 18 heavy (non-hydrogen) atoms. The fraction of sp³-hybridized carbons (Fsp3) is 0.286. The first kappa shape index (κ1) is 14.1. The van der Waals surface area contributed by atoms with Crippen LogP contribution in [0, 0.1) is 0 Å². The molecule has 1 aromatic carbocycles. The van der Waals surface area contributed by atoms with Gasteiger partial charge in [-0.15, -0.1) is 11.3 Å². The minimum atomic E-state index is 0.538. The SMILES string of the molecule is CC(C)c1ccccc1NCc1cc(Br)c(Br)s1. The maximum atomic E-state index is 3.52. The van der Waals surface area contributed by atoms with Crippen LogP contribution in [0.2, 0.25) is 0 Å². The third kappa shape index (κ3) is 3.37. The highest BCUT2D eigenvalue weighted by Gasteiger charge is 2.07. The van der Waals surface area contributed by atoms with Crippen LogP contribution in [0.15, 0.2) is 38.6 Å². The Morgan fingerprint density at radius 3 is 2.56 bits per heavy atom. The second kappa shape index (κ2) is 6.22. The fourth-order valence-electron chi connectivity index (χ4n) is 1.82. The van der Waals surface area contributed by atoms with E-state index in [4.69, 9.17) is 0 Å². The van der Waals surface area contributed by atoms with Crippen LogP contribution in [0.4, 0.5) is 5.69 Å². The summed E-state index contributed by atoms with van der Waals surface area (Å²) in [5.74, 6) is 0.538. The summed E-state index contributed by atoms with van der Waals surface area (Å²) in [6.45, 7) is 5.30. The molecule has 0 unspecified atom stereocenters. The Morgan fingerprint density at radius 2 is 1.94 bits per heavy atom. The highest BCUT2D eigenvalue weighted by atomic mass is 79.9. The van der Waals surface area contributed by atoms with Crippen molar-refractivity contribution in [2.24, 2.45) is 0 Å². The Balaban J connectivity index is 2.10. The van der Waals surface area contributed by atoms with Crippen molar-refractivity contribution in [2.45, 2.75) is 26.3 Å². The van der Waals surface area contributed by atoms with E-state index in [-0.39, 0.29) is 0 Å². The highest BCUT2D eigenvalue weighted by Crippen LogP contribution is 2.33. The lowest BCUT2D eigenvalue weighted by Crippen LogP contribution is -2.01. The largest absolute Gasteiger partial charge is 0.380 e.